The molecule has 0 bridgehead atoms. The normalized spacial score (nSPS) is 9.82. The largest absolute Gasteiger partial charge is 0.139 e. The van der Waals surface area contributed by atoms with Gasteiger partial charge in [0.05, 0.1) is 0 Å². The van der Waals surface area contributed by atoms with E-state index in [9.17, 15) is 0 Å². The van der Waals surface area contributed by atoms with Gasteiger partial charge in [0.2, 0.25) is 0 Å². The second kappa shape index (κ2) is 7.00. The molecule has 0 heterocycles. The summed E-state index contributed by atoms with van der Waals surface area (Å²) >= 11 is 0. The third kappa shape index (κ3) is 4.14. The van der Waals surface area contributed by atoms with Gasteiger partial charge in [-0.25, -0.2) is 0 Å². The Balaban J connectivity index is 2.77. The molecule has 0 unspecified atom stereocenters. The predicted octanol–water partition coefficient (Wildman–Crippen LogP) is 4.09. The van der Waals surface area contributed by atoms with Crippen LogP contribution < -0.4 is 0 Å². The molecule has 0 fully saturated rings. The number of benzene rings is 1. The zero-order valence-electron chi connectivity index (χ0n) is 11.0. The van der Waals surface area contributed by atoms with Crippen molar-refractivity contribution >= 4 is 8.07 Å². The number of hydrogen-bond acceptors (Lipinski definition) is 0. The van der Waals surface area contributed by atoms with Gasteiger partial charge < -0.3 is 0 Å². The highest BCUT2D eigenvalue weighted by atomic mass is 28.3. The minimum Gasteiger partial charge on any atom is -0.117 e. The third-order valence-electron chi connectivity index (χ3n) is 3.40. The standard InChI is InChI=1S/C16H20Si/c1-4-17(5-2,6-3)15-11-10-14-16-12-8-7-9-13-16/h7-9,12-13H,4-6H2,1-3H3. The minimum atomic E-state index is -1.32. The summed E-state index contributed by atoms with van der Waals surface area (Å²) in [5.41, 5.74) is 4.51. The molecule has 0 aliphatic carbocycles. The van der Waals surface area contributed by atoms with Crippen molar-refractivity contribution in [2.24, 2.45) is 0 Å². The summed E-state index contributed by atoms with van der Waals surface area (Å²) in [6.07, 6.45) is 0. The first-order valence-corrected chi connectivity index (χ1v) is 8.96. The summed E-state index contributed by atoms with van der Waals surface area (Å²) in [7, 11) is -1.32. The quantitative estimate of drug-likeness (QED) is 0.551. The Morgan fingerprint density at radius 2 is 1.47 bits per heavy atom. The SMILES string of the molecule is CC[Si](C#CC#Cc1ccccc1)(CC)CC. The van der Waals surface area contributed by atoms with Crippen LogP contribution >= 0.6 is 0 Å². The number of rotatable bonds is 3. The number of hydrogen-bond donors (Lipinski definition) is 0. The molecule has 0 saturated heterocycles. The Morgan fingerprint density at radius 1 is 0.882 bits per heavy atom. The van der Waals surface area contributed by atoms with E-state index in [0.29, 0.717) is 0 Å². The average molecular weight is 240 g/mol. The van der Waals surface area contributed by atoms with Gasteiger partial charge in [-0.05, 0) is 42.1 Å². The third-order valence-corrected chi connectivity index (χ3v) is 8.12. The van der Waals surface area contributed by atoms with Crippen molar-refractivity contribution in [3.05, 3.63) is 35.9 Å². The van der Waals surface area contributed by atoms with Crippen LogP contribution in [0.25, 0.3) is 0 Å². The summed E-state index contributed by atoms with van der Waals surface area (Å²) in [4.78, 5) is 0. The van der Waals surface area contributed by atoms with Crippen molar-refractivity contribution in [1.82, 2.24) is 0 Å². The van der Waals surface area contributed by atoms with Crippen LogP contribution in [0.2, 0.25) is 18.1 Å². The molecule has 0 aliphatic heterocycles. The fraction of sp³-hybridized carbons (Fsp3) is 0.375. The van der Waals surface area contributed by atoms with Gasteiger partial charge in [-0.1, -0.05) is 44.9 Å². The topological polar surface area (TPSA) is 0 Å². The van der Waals surface area contributed by atoms with Crippen molar-refractivity contribution in [3.8, 4) is 23.3 Å². The van der Waals surface area contributed by atoms with Crippen LogP contribution in [-0.4, -0.2) is 8.07 Å². The molecule has 0 amide bonds. The highest BCUT2D eigenvalue weighted by Crippen LogP contribution is 2.18. The molecule has 0 aromatic heterocycles. The zero-order chi connectivity index (χ0) is 12.6. The summed E-state index contributed by atoms with van der Waals surface area (Å²) in [5.74, 6) is 9.15. The van der Waals surface area contributed by atoms with Crippen molar-refractivity contribution in [2.75, 3.05) is 0 Å². The molecule has 0 aliphatic rings. The Hall–Kier alpha value is -1.44. The van der Waals surface area contributed by atoms with E-state index in [1.165, 1.54) is 18.1 Å². The molecule has 1 rings (SSSR count). The van der Waals surface area contributed by atoms with E-state index in [4.69, 9.17) is 0 Å². The smallest absolute Gasteiger partial charge is 0.117 e. The molecular weight excluding hydrogens is 220 g/mol. The van der Waals surface area contributed by atoms with Gasteiger partial charge in [-0.15, -0.1) is 5.54 Å². The van der Waals surface area contributed by atoms with Gasteiger partial charge in [-0.2, -0.15) is 0 Å². The molecule has 0 N–H and O–H groups in total. The first kappa shape index (κ1) is 13.6. The van der Waals surface area contributed by atoms with Crippen molar-refractivity contribution in [1.29, 1.82) is 0 Å². The first-order valence-electron chi connectivity index (χ1n) is 6.34. The second-order valence-corrected chi connectivity index (χ2v) is 9.14. The van der Waals surface area contributed by atoms with Crippen LogP contribution in [0, 0.1) is 23.3 Å². The van der Waals surface area contributed by atoms with Crippen LogP contribution in [0.5, 0.6) is 0 Å². The van der Waals surface area contributed by atoms with Gasteiger partial charge in [-0.3, -0.25) is 0 Å². The summed E-state index contributed by atoms with van der Waals surface area (Å²) in [5, 5.41) is 0. The molecule has 1 heteroatoms. The van der Waals surface area contributed by atoms with Crippen molar-refractivity contribution in [3.63, 3.8) is 0 Å². The van der Waals surface area contributed by atoms with Crippen LogP contribution in [0.1, 0.15) is 26.3 Å². The molecule has 0 spiro atoms. The van der Waals surface area contributed by atoms with Gasteiger partial charge in [0.1, 0.15) is 8.07 Å². The molecule has 88 valence electrons. The molecule has 17 heavy (non-hydrogen) atoms. The van der Waals surface area contributed by atoms with Gasteiger partial charge in [0.25, 0.3) is 0 Å². The Bertz CT molecular complexity index is 439. The van der Waals surface area contributed by atoms with E-state index < -0.39 is 8.07 Å². The molecule has 1 aromatic rings. The van der Waals surface area contributed by atoms with Gasteiger partial charge in [0.15, 0.2) is 0 Å². The lowest BCUT2D eigenvalue weighted by atomic mass is 10.2. The van der Waals surface area contributed by atoms with E-state index in [1.807, 2.05) is 30.3 Å². The van der Waals surface area contributed by atoms with Gasteiger partial charge in [0, 0.05) is 5.56 Å². The molecular formula is C16H20Si. The summed E-state index contributed by atoms with van der Waals surface area (Å²) < 4.78 is 0. The monoisotopic (exact) mass is 240 g/mol. The van der Waals surface area contributed by atoms with Crippen LogP contribution in [0.4, 0.5) is 0 Å². The molecule has 0 nitrogen and oxygen atoms in total. The predicted molar refractivity (Wildman–Crippen MR) is 78.3 cm³/mol. The van der Waals surface area contributed by atoms with Gasteiger partial charge >= 0.3 is 0 Å². The van der Waals surface area contributed by atoms with E-state index >= 15 is 0 Å². The maximum Gasteiger partial charge on any atom is 0.139 e. The molecule has 1 aromatic carbocycles. The Morgan fingerprint density at radius 3 is 2.00 bits per heavy atom. The zero-order valence-corrected chi connectivity index (χ0v) is 12.0. The lowest BCUT2D eigenvalue weighted by molar-refractivity contribution is 1.20. The van der Waals surface area contributed by atoms with Crippen LogP contribution in [-0.2, 0) is 0 Å². The minimum absolute atomic E-state index is 1.04. The van der Waals surface area contributed by atoms with Crippen molar-refractivity contribution in [2.45, 2.75) is 38.9 Å². The van der Waals surface area contributed by atoms with E-state index in [1.54, 1.807) is 0 Å². The lowest BCUT2D eigenvalue weighted by Gasteiger charge is -2.19. The highest BCUT2D eigenvalue weighted by molar-refractivity contribution is 6.87. The highest BCUT2D eigenvalue weighted by Gasteiger charge is 2.23. The fourth-order valence-electron chi connectivity index (χ4n) is 1.80. The van der Waals surface area contributed by atoms with Crippen molar-refractivity contribution < 1.29 is 0 Å². The first-order chi connectivity index (χ1) is 8.26. The Kier molecular flexibility index (Phi) is 5.60. The maximum absolute atomic E-state index is 3.47. The van der Waals surface area contributed by atoms with E-state index in [-0.39, 0.29) is 0 Å². The average Bonchev–Trinajstić information content (AvgIpc) is 2.41. The van der Waals surface area contributed by atoms with E-state index in [0.717, 1.165) is 5.56 Å². The maximum atomic E-state index is 3.47. The Labute approximate surface area is 106 Å². The van der Waals surface area contributed by atoms with E-state index in [2.05, 4.69) is 44.1 Å². The lowest BCUT2D eigenvalue weighted by Crippen LogP contribution is -2.29. The molecule has 0 atom stereocenters. The summed E-state index contributed by atoms with van der Waals surface area (Å²) in [6.45, 7) is 6.79. The second-order valence-electron chi connectivity index (χ2n) is 4.21. The summed E-state index contributed by atoms with van der Waals surface area (Å²) in [6, 6.07) is 13.7. The molecule has 0 radical (unpaired) electrons. The molecule has 0 saturated carbocycles. The van der Waals surface area contributed by atoms with Crippen LogP contribution in [0.3, 0.4) is 0 Å². The van der Waals surface area contributed by atoms with Crippen LogP contribution in [0.15, 0.2) is 30.3 Å². The fourth-order valence-corrected chi connectivity index (χ4v) is 4.16.